The van der Waals surface area contributed by atoms with E-state index in [2.05, 4.69) is 49.2 Å². The van der Waals surface area contributed by atoms with Crippen LogP contribution in [0.1, 0.15) is 29.2 Å². The maximum atomic E-state index is 10.2. The summed E-state index contributed by atoms with van der Waals surface area (Å²) in [6, 6.07) is 29.9. The Kier molecular flexibility index (Phi) is 11.0. The van der Waals surface area contributed by atoms with Gasteiger partial charge in [-0.2, -0.15) is 9.97 Å². The Morgan fingerprint density at radius 3 is 2.24 bits per heavy atom. The summed E-state index contributed by atoms with van der Waals surface area (Å²) >= 11 is 0. The summed E-state index contributed by atoms with van der Waals surface area (Å²) in [5.41, 5.74) is 12.4. The predicted octanol–water partition coefficient (Wildman–Crippen LogP) is 5.27. The summed E-state index contributed by atoms with van der Waals surface area (Å²) in [4.78, 5) is 23.6. The van der Waals surface area contributed by atoms with Gasteiger partial charge in [0.25, 0.3) is 5.95 Å². The molecule has 0 radical (unpaired) electrons. The lowest BCUT2D eigenvalue weighted by molar-refractivity contribution is -0.153. The molecule has 262 valence electrons. The van der Waals surface area contributed by atoms with Gasteiger partial charge in [-0.25, -0.2) is 9.98 Å². The largest absolute Gasteiger partial charge is 0.474 e. The van der Waals surface area contributed by atoms with Crippen molar-refractivity contribution < 1.29 is 28.8 Å². The van der Waals surface area contributed by atoms with Crippen molar-refractivity contribution in [3.05, 3.63) is 124 Å². The van der Waals surface area contributed by atoms with Gasteiger partial charge < -0.3 is 33.7 Å². The van der Waals surface area contributed by atoms with E-state index in [-0.39, 0.29) is 44.8 Å². The Balaban J connectivity index is 1.19. The lowest BCUT2D eigenvalue weighted by atomic mass is 10.1. The van der Waals surface area contributed by atoms with Crippen molar-refractivity contribution in [3.8, 4) is 5.88 Å². The topological polar surface area (TPSA) is 174 Å². The second-order valence-corrected chi connectivity index (χ2v) is 11.9. The van der Waals surface area contributed by atoms with Crippen molar-refractivity contribution in [2.45, 2.75) is 43.9 Å². The Morgan fingerprint density at radius 1 is 0.863 bits per heavy atom. The maximum absolute atomic E-state index is 10.2. The minimum atomic E-state index is -0.720. The fraction of sp³-hybridized carbons (Fsp3) is 0.333. The quantitative estimate of drug-likeness (QED) is 0.0359. The van der Waals surface area contributed by atoms with Gasteiger partial charge in [0.2, 0.25) is 5.88 Å². The number of benzene rings is 3. The zero-order chi connectivity index (χ0) is 34.8. The van der Waals surface area contributed by atoms with Gasteiger partial charge in [0, 0.05) is 30.1 Å². The van der Waals surface area contributed by atoms with Crippen molar-refractivity contribution in [1.82, 2.24) is 24.4 Å². The summed E-state index contributed by atoms with van der Waals surface area (Å²) in [5, 5.41) is 13.7. The number of aliphatic hydroxyl groups is 1. The fourth-order valence-corrected chi connectivity index (χ4v) is 6.05. The number of aliphatic hydroxyl groups excluding tert-OH is 1. The zero-order valence-electron chi connectivity index (χ0n) is 27.7. The number of imidazole rings is 1. The first-order valence-electron chi connectivity index (χ1n) is 16.6. The third kappa shape index (κ3) is 8.15. The lowest BCUT2D eigenvalue weighted by Crippen LogP contribution is -2.30. The number of hydrogen-bond acceptors (Lipinski definition) is 11. The molecule has 15 heteroatoms. The van der Waals surface area contributed by atoms with E-state index in [1.54, 1.807) is 17.2 Å². The smallest absolute Gasteiger partial charge is 0.256 e. The van der Waals surface area contributed by atoms with Gasteiger partial charge in [-0.1, -0.05) is 96.1 Å². The van der Waals surface area contributed by atoms with Gasteiger partial charge in [-0.15, -0.1) is 0 Å². The SMILES string of the molecule is [N-]=[N+]=NCCOCCOc1nc(/N=C/N(Cc2ccccc2)Cc2ccccc2)nc2c1ncn2[C@@H]1O[C@H](CO)[C@H]2OC(c3ccccc3)O[C@H]21. The van der Waals surface area contributed by atoms with E-state index in [9.17, 15) is 5.11 Å². The molecule has 2 saturated heterocycles. The van der Waals surface area contributed by atoms with Gasteiger partial charge >= 0.3 is 0 Å². The molecule has 2 aromatic heterocycles. The van der Waals surface area contributed by atoms with Crippen LogP contribution in [0.5, 0.6) is 5.88 Å². The minimum Gasteiger partial charge on any atom is -0.474 e. The van der Waals surface area contributed by atoms with Crippen LogP contribution in [-0.2, 0) is 32.0 Å². The fourth-order valence-electron chi connectivity index (χ4n) is 6.05. The average molecular weight is 692 g/mol. The standard InChI is InChI=1S/C36H37N9O6/c37-43-40-16-17-47-18-19-48-33-29-32(41-36(42-33)39-23-44(20-25-10-4-1-5-11-25)21-26-12-6-2-7-13-26)45(24-38-29)34-31-30(28(22-46)49-34)50-35(51-31)27-14-8-3-9-15-27/h1-15,23-24,28,30-31,34-35,46H,16-22H2/b39-23+/t28-,30-,31-,34-,35?/m1/s1. The third-order valence-electron chi connectivity index (χ3n) is 8.41. The van der Waals surface area contributed by atoms with E-state index in [0.29, 0.717) is 24.3 Å². The molecule has 0 saturated carbocycles. The molecule has 15 nitrogen and oxygen atoms in total. The highest BCUT2D eigenvalue weighted by Gasteiger charge is 2.54. The molecule has 1 N–H and O–H groups in total. The Labute approximate surface area is 293 Å². The zero-order valence-corrected chi connectivity index (χ0v) is 27.7. The molecule has 0 bridgehead atoms. The van der Waals surface area contributed by atoms with Crippen LogP contribution < -0.4 is 4.74 Å². The molecule has 2 aliphatic heterocycles. The molecule has 5 aromatic rings. The molecule has 4 heterocycles. The highest BCUT2D eigenvalue weighted by Crippen LogP contribution is 2.45. The summed E-state index contributed by atoms with van der Waals surface area (Å²) < 4.78 is 32.3. The molecule has 1 unspecified atom stereocenters. The van der Waals surface area contributed by atoms with Crippen molar-refractivity contribution in [2.75, 3.05) is 33.0 Å². The van der Waals surface area contributed by atoms with Crippen LogP contribution in [0.3, 0.4) is 0 Å². The van der Waals surface area contributed by atoms with Crippen molar-refractivity contribution in [2.24, 2.45) is 10.1 Å². The maximum Gasteiger partial charge on any atom is 0.256 e. The highest BCUT2D eigenvalue weighted by atomic mass is 16.8. The predicted molar refractivity (Wildman–Crippen MR) is 186 cm³/mol. The minimum absolute atomic E-state index is 0.147. The van der Waals surface area contributed by atoms with Gasteiger partial charge in [0.05, 0.1) is 32.5 Å². The van der Waals surface area contributed by atoms with Crippen LogP contribution in [0.4, 0.5) is 5.95 Å². The summed E-state index contributed by atoms with van der Waals surface area (Å²) in [5.74, 6) is 0.356. The van der Waals surface area contributed by atoms with Crippen LogP contribution in [0.15, 0.2) is 107 Å². The van der Waals surface area contributed by atoms with Crippen molar-refractivity contribution in [3.63, 3.8) is 0 Å². The lowest BCUT2D eigenvalue weighted by Gasteiger charge is -2.21. The van der Waals surface area contributed by atoms with Gasteiger partial charge in [-0.05, 0) is 16.7 Å². The first kappa shape index (κ1) is 34.1. The number of aliphatic imine (C=N–C) groups is 1. The van der Waals surface area contributed by atoms with E-state index in [1.165, 1.54) is 0 Å². The molecule has 5 atom stereocenters. The van der Waals surface area contributed by atoms with E-state index in [1.807, 2.05) is 66.7 Å². The third-order valence-corrected chi connectivity index (χ3v) is 8.41. The van der Waals surface area contributed by atoms with Crippen LogP contribution in [0.25, 0.3) is 21.6 Å². The molecule has 51 heavy (non-hydrogen) atoms. The second kappa shape index (κ2) is 16.5. The van der Waals surface area contributed by atoms with E-state index in [4.69, 9.17) is 39.2 Å². The first-order chi connectivity index (χ1) is 25.2. The van der Waals surface area contributed by atoms with Crippen LogP contribution in [-0.4, -0.2) is 87.1 Å². The molecule has 0 amide bonds. The van der Waals surface area contributed by atoms with Crippen molar-refractivity contribution in [1.29, 1.82) is 0 Å². The number of ether oxygens (including phenoxy) is 5. The van der Waals surface area contributed by atoms with Crippen LogP contribution in [0.2, 0.25) is 0 Å². The first-order valence-corrected chi connectivity index (χ1v) is 16.6. The van der Waals surface area contributed by atoms with Crippen LogP contribution >= 0.6 is 0 Å². The second-order valence-electron chi connectivity index (χ2n) is 11.9. The molecule has 0 aliphatic carbocycles. The Morgan fingerprint density at radius 2 is 1.55 bits per heavy atom. The summed E-state index contributed by atoms with van der Waals surface area (Å²) in [6.45, 7) is 1.82. The monoisotopic (exact) mass is 691 g/mol. The molecule has 3 aromatic carbocycles. The highest BCUT2D eigenvalue weighted by molar-refractivity contribution is 5.78. The number of hydrogen-bond donors (Lipinski definition) is 1. The molecule has 2 fully saturated rings. The molecular weight excluding hydrogens is 654 g/mol. The van der Waals surface area contributed by atoms with E-state index in [0.717, 1.165) is 16.7 Å². The van der Waals surface area contributed by atoms with E-state index < -0.39 is 30.8 Å². The number of fused-ring (bicyclic) bond motifs is 2. The van der Waals surface area contributed by atoms with Crippen molar-refractivity contribution >= 4 is 23.5 Å². The Hall–Kier alpha value is -5.41. The van der Waals surface area contributed by atoms with E-state index >= 15 is 0 Å². The normalized spacial score (nSPS) is 21.2. The molecule has 2 aliphatic rings. The summed E-state index contributed by atoms with van der Waals surface area (Å²) in [6.07, 6.45) is 0.262. The van der Waals surface area contributed by atoms with Gasteiger partial charge in [0.1, 0.15) is 24.9 Å². The number of nitrogens with zero attached hydrogens (tertiary/aromatic N) is 9. The number of azide groups is 1. The van der Waals surface area contributed by atoms with Gasteiger partial charge in [-0.3, -0.25) is 4.57 Å². The van der Waals surface area contributed by atoms with Crippen LogP contribution in [0, 0.1) is 0 Å². The van der Waals surface area contributed by atoms with Gasteiger partial charge in [0.15, 0.2) is 23.7 Å². The molecule has 7 rings (SSSR count). The summed E-state index contributed by atoms with van der Waals surface area (Å²) in [7, 11) is 0. The molecular formula is C36H37N9O6. The number of aromatic nitrogens is 4. The average Bonchev–Trinajstić information content (AvgIpc) is 3.89. The Bertz CT molecular complexity index is 1900. The number of rotatable bonds is 16. The molecule has 0 spiro atoms.